The van der Waals surface area contributed by atoms with Crippen molar-refractivity contribution >= 4 is 5.69 Å². The maximum atomic E-state index is 5.86. The first-order valence-corrected chi connectivity index (χ1v) is 6.73. The minimum Gasteiger partial charge on any atom is -0.374 e. The third-order valence-corrected chi connectivity index (χ3v) is 3.87. The number of anilines is 1. The maximum absolute atomic E-state index is 5.86. The van der Waals surface area contributed by atoms with Crippen molar-refractivity contribution in [2.24, 2.45) is 11.7 Å². The molecule has 17 heavy (non-hydrogen) atoms. The second kappa shape index (κ2) is 5.54. The molecular weight excluding hydrogens is 208 g/mol. The number of nitrogens with two attached hydrogens (primary N) is 1. The van der Waals surface area contributed by atoms with Crippen molar-refractivity contribution in [3.63, 3.8) is 0 Å². The number of hydrogen-bond acceptors (Lipinski definition) is 2. The second-order valence-electron chi connectivity index (χ2n) is 5.41. The van der Waals surface area contributed by atoms with E-state index in [1.54, 1.807) is 0 Å². The Morgan fingerprint density at radius 2 is 1.82 bits per heavy atom. The molecule has 1 aromatic rings. The van der Waals surface area contributed by atoms with Crippen LogP contribution in [0.5, 0.6) is 0 Å². The summed E-state index contributed by atoms with van der Waals surface area (Å²) in [6.45, 7) is 3.22. The van der Waals surface area contributed by atoms with Crippen LogP contribution in [0.2, 0.25) is 0 Å². The molecular formula is C15H24N2. The van der Waals surface area contributed by atoms with E-state index in [2.05, 4.69) is 36.2 Å². The molecule has 94 valence electrons. The highest BCUT2D eigenvalue weighted by Gasteiger charge is 2.16. The quantitative estimate of drug-likeness (QED) is 0.862. The molecule has 1 atom stereocenters. The van der Waals surface area contributed by atoms with Crippen LogP contribution in [-0.4, -0.2) is 13.6 Å². The summed E-state index contributed by atoms with van der Waals surface area (Å²) < 4.78 is 0. The summed E-state index contributed by atoms with van der Waals surface area (Å²) in [5.41, 5.74) is 8.38. The minimum atomic E-state index is 0.129. The number of nitrogens with zero attached hydrogens (tertiary/aromatic N) is 1. The van der Waals surface area contributed by atoms with Crippen molar-refractivity contribution in [2.75, 3.05) is 18.5 Å². The molecule has 2 N–H and O–H groups in total. The zero-order valence-electron chi connectivity index (χ0n) is 11.0. The van der Waals surface area contributed by atoms with E-state index in [-0.39, 0.29) is 6.04 Å². The summed E-state index contributed by atoms with van der Waals surface area (Å²) in [6.07, 6.45) is 5.65. The van der Waals surface area contributed by atoms with Crippen LogP contribution in [-0.2, 0) is 0 Å². The van der Waals surface area contributed by atoms with Gasteiger partial charge in [0.05, 0.1) is 0 Å². The normalized spacial score (nSPS) is 18.3. The molecule has 0 heterocycles. The van der Waals surface area contributed by atoms with Gasteiger partial charge in [0, 0.05) is 25.3 Å². The molecule has 0 spiro atoms. The van der Waals surface area contributed by atoms with E-state index in [1.165, 1.54) is 43.5 Å². The van der Waals surface area contributed by atoms with Crippen LogP contribution in [0, 0.1) is 5.92 Å². The van der Waals surface area contributed by atoms with Crippen LogP contribution in [0.15, 0.2) is 24.3 Å². The maximum Gasteiger partial charge on any atom is 0.0363 e. The van der Waals surface area contributed by atoms with Crippen molar-refractivity contribution in [1.82, 2.24) is 0 Å². The lowest BCUT2D eigenvalue weighted by Crippen LogP contribution is -2.23. The van der Waals surface area contributed by atoms with Gasteiger partial charge >= 0.3 is 0 Å². The van der Waals surface area contributed by atoms with Crippen molar-refractivity contribution in [1.29, 1.82) is 0 Å². The van der Waals surface area contributed by atoms with Gasteiger partial charge in [-0.2, -0.15) is 0 Å². The fourth-order valence-corrected chi connectivity index (χ4v) is 2.72. The Balaban J connectivity index is 1.96. The van der Waals surface area contributed by atoms with Crippen LogP contribution in [0.25, 0.3) is 0 Å². The molecule has 2 nitrogen and oxygen atoms in total. The Hall–Kier alpha value is -1.02. The van der Waals surface area contributed by atoms with Crippen molar-refractivity contribution < 1.29 is 0 Å². The molecule has 2 heteroatoms. The van der Waals surface area contributed by atoms with Crippen LogP contribution < -0.4 is 10.6 Å². The fourth-order valence-electron chi connectivity index (χ4n) is 2.72. The second-order valence-corrected chi connectivity index (χ2v) is 5.41. The summed E-state index contributed by atoms with van der Waals surface area (Å²) >= 11 is 0. The first-order valence-electron chi connectivity index (χ1n) is 6.73. The SMILES string of the molecule is C[C@@H](N)c1ccc(N(C)CC2CCCC2)cc1. The summed E-state index contributed by atoms with van der Waals surface area (Å²) in [6, 6.07) is 8.79. The van der Waals surface area contributed by atoms with Crippen LogP contribution in [0.3, 0.4) is 0 Å². The highest BCUT2D eigenvalue weighted by atomic mass is 15.1. The predicted octanol–water partition coefficient (Wildman–Crippen LogP) is 3.33. The molecule has 0 bridgehead atoms. The molecule has 1 aromatic carbocycles. The standard InChI is InChI=1S/C15H24N2/c1-12(16)14-7-9-15(10-8-14)17(2)11-13-5-3-4-6-13/h7-10,12-13H,3-6,11,16H2,1-2H3/t12-/m1/s1. The van der Waals surface area contributed by atoms with Gasteiger partial charge in [-0.1, -0.05) is 25.0 Å². The summed E-state index contributed by atoms with van der Waals surface area (Å²) in [5, 5.41) is 0. The third-order valence-electron chi connectivity index (χ3n) is 3.87. The summed E-state index contributed by atoms with van der Waals surface area (Å²) in [5.74, 6) is 0.896. The van der Waals surface area contributed by atoms with Gasteiger partial charge in [0.15, 0.2) is 0 Å². The van der Waals surface area contributed by atoms with Crippen molar-refractivity contribution in [3.05, 3.63) is 29.8 Å². The first-order chi connectivity index (χ1) is 8.16. The van der Waals surface area contributed by atoms with Crippen LogP contribution >= 0.6 is 0 Å². The van der Waals surface area contributed by atoms with Gasteiger partial charge in [0.2, 0.25) is 0 Å². The highest BCUT2D eigenvalue weighted by molar-refractivity contribution is 5.47. The van der Waals surface area contributed by atoms with E-state index in [1.807, 2.05) is 6.92 Å². The van der Waals surface area contributed by atoms with E-state index < -0.39 is 0 Å². The molecule has 0 unspecified atom stereocenters. The molecule has 1 aliphatic rings. The summed E-state index contributed by atoms with van der Waals surface area (Å²) in [7, 11) is 2.19. The molecule has 0 radical (unpaired) electrons. The van der Waals surface area contributed by atoms with Gasteiger partial charge in [-0.15, -0.1) is 0 Å². The number of benzene rings is 1. The predicted molar refractivity (Wildman–Crippen MR) is 74.3 cm³/mol. The Labute approximate surface area is 105 Å². The topological polar surface area (TPSA) is 29.3 Å². The molecule has 0 amide bonds. The zero-order chi connectivity index (χ0) is 12.3. The van der Waals surface area contributed by atoms with Crippen molar-refractivity contribution in [2.45, 2.75) is 38.6 Å². The molecule has 0 saturated heterocycles. The van der Waals surface area contributed by atoms with Gasteiger partial charge in [-0.05, 0) is 43.4 Å². The van der Waals surface area contributed by atoms with Gasteiger partial charge < -0.3 is 10.6 Å². The lowest BCUT2D eigenvalue weighted by atomic mass is 10.1. The Bertz CT molecular complexity index is 336. The molecule has 0 aromatic heterocycles. The average Bonchev–Trinajstić information content (AvgIpc) is 2.82. The van der Waals surface area contributed by atoms with E-state index in [4.69, 9.17) is 5.73 Å². The molecule has 1 aliphatic carbocycles. The largest absolute Gasteiger partial charge is 0.374 e. The fraction of sp³-hybridized carbons (Fsp3) is 0.600. The number of rotatable bonds is 4. The van der Waals surface area contributed by atoms with Crippen LogP contribution in [0.4, 0.5) is 5.69 Å². The van der Waals surface area contributed by atoms with Crippen molar-refractivity contribution in [3.8, 4) is 0 Å². The first kappa shape index (κ1) is 12.4. The van der Waals surface area contributed by atoms with Gasteiger partial charge in [-0.3, -0.25) is 0 Å². The van der Waals surface area contributed by atoms with E-state index in [0.717, 1.165) is 5.92 Å². The lowest BCUT2D eigenvalue weighted by molar-refractivity contribution is 0.547. The Kier molecular flexibility index (Phi) is 4.06. The Morgan fingerprint density at radius 1 is 1.24 bits per heavy atom. The van der Waals surface area contributed by atoms with Crippen LogP contribution in [0.1, 0.15) is 44.2 Å². The van der Waals surface area contributed by atoms with Gasteiger partial charge in [-0.25, -0.2) is 0 Å². The highest BCUT2D eigenvalue weighted by Crippen LogP contribution is 2.27. The molecule has 1 fully saturated rings. The number of hydrogen-bond donors (Lipinski definition) is 1. The summed E-state index contributed by atoms with van der Waals surface area (Å²) in [4.78, 5) is 2.38. The third kappa shape index (κ3) is 3.22. The van der Waals surface area contributed by atoms with Gasteiger partial charge in [0.25, 0.3) is 0 Å². The smallest absolute Gasteiger partial charge is 0.0363 e. The molecule has 0 aliphatic heterocycles. The molecule has 2 rings (SSSR count). The molecule has 1 saturated carbocycles. The van der Waals surface area contributed by atoms with E-state index in [0.29, 0.717) is 0 Å². The Morgan fingerprint density at radius 3 is 2.35 bits per heavy atom. The lowest BCUT2D eigenvalue weighted by Gasteiger charge is -2.23. The van der Waals surface area contributed by atoms with E-state index in [9.17, 15) is 0 Å². The monoisotopic (exact) mass is 232 g/mol. The van der Waals surface area contributed by atoms with Gasteiger partial charge in [0.1, 0.15) is 0 Å². The minimum absolute atomic E-state index is 0.129. The van der Waals surface area contributed by atoms with E-state index >= 15 is 0 Å². The average molecular weight is 232 g/mol. The zero-order valence-corrected chi connectivity index (χ0v) is 11.0.